The predicted molar refractivity (Wildman–Crippen MR) is 120 cm³/mol. The predicted octanol–water partition coefficient (Wildman–Crippen LogP) is 2.69. The number of nitrogens with one attached hydrogen (secondary N) is 1. The van der Waals surface area contributed by atoms with E-state index >= 15 is 0 Å². The summed E-state index contributed by atoms with van der Waals surface area (Å²) in [5.41, 5.74) is 1.73. The van der Waals surface area contributed by atoms with E-state index < -0.39 is 5.41 Å². The summed E-state index contributed by atoms with van der Waals surface area (Å²) in [5.74, 6) is 0.304. The minimum absolute atomic E-state index is 0.0557. The lowest BCUT2D eigenvalue weighted by molar-refractivity contribution is -0.132. The average Bonchev–Trinajstić information content (AvgIpc) is 2.81. The van der Waals surface area contributed by atoms with Crippen molar-refractivity contribution in [3.05, 3.63) is 84.2 Å². The van der Waals surface area contributed by atoms with Crippen LogP contribution in [-0.4, -0.2) is 47.7 Å². The van der Waals surface area contributed by atoms with Crippen LogP contribution in [0.4, 0.5) is 10.1 Å². The molecular weight excluding hydrogens is 427 g/mol. The molecule has 3 aromatic rings. The Bertz CT molecular complexity index is 1070. The number of nitrogens with zero attached hydrogens (tertiary/aromatic N) is 3. The van der Waals surface area contributed by atoms with Gasteiger partial charge in [-0.15, -0.1) is 0 Å². The molecule has 4 rings (SSSR count). The summed E-state index contributed by atoms with van der Waals surface area (Å²) < 4.78 is 19.5. The lowest BCUT2D eigenvalue weighted by Gasteiger charge is -2.50. The Morgan fingerprint density at radius 1 is 1.18 bits per heavy atom. The highest BCUT2D eigenvalue weighted by Gasteiger charge is 2.49. The van der Waals surface area contributed by atoms with Crippen LogP contribution in [0, 0.1) is 11.2 Å². The summed E-state index contributed by atoms with van der Waals surface area (Å²) in [5, 5.41) is 9.92. The van der Waals surface area contributed by atoms with Gasteiger partial charge in [-0.05, 0) is 41.8 Å². The molecule has 0 bridgehead atoms. The highest BCUT2D eigenvalue weighted by atomic mass is 19.1. The van der Waals surface area contributed by atoms with E-state index in [0.717, 1.165) is 16.9 Å². The molecule has 1 aliphatic heterocycles. The SMILES string of the molecule is COc1cccc(CC2(C(=O)NCc3cccnc3)CN(c3ccncc3F)C2)c1.O=CO. The van der Waals surface area contributed by atoms with E-state index in [0.29, 0.717) is 31.7 Å². The standard InChI is InChI=1S/C23H23FN4O2.CH2O2/c1-30-19-6-2-4-17(10-19)11-23(22(29)27-13-18-5-3-8-25-12-18)15-28(16-23)21-7-9-26-14-20(21)24;2-1-3/h2-10,12,14H,11,13,15-16H2,1H3,(H,27,29);1H,(H,2,3). The largest absolute Gasteiger partial charge is 0.497 e. The number of hydrogen-bond acceptors (Lipinski definition) is 6. The van der Waals surface area contributed by atoms with E-state index in [1.165, 1.54) is 6.20 Å². The Balaban J connectivity index is 0.000000968. The van der Waals surface area contributed by atoms with Crippen LogP contribution >= 0.6 is 0 Å². The van der Waals surface area contributed by atoms with Crippen molar-refractivity contribution in [2.24, 2.45) is 5.41 Å². The third-order valence-electron chi connectivity index (χ3n) is 5.41. The van der Waals surface area contributed by atoms with Crippen molar-refractivity contribution in [1.82, 2.24) is 15.3 Å². The first kappa shape index (κ1) is 23.6. The topological polar surface area (TPSA) is 105 Å². The number of hydrogen-bond donors (Lipinski definition) is 2. The maximum atomic E-state index is 14.2. The van der Waals surface area contributed by atoms with Crippen LogP contribution in [0.5, 0.6) is 5.75 Å². The highest BCUT2D eigenvalue weighted by Crippen LogP contribution is 2.39. The van der Waals surface area contributed by atoms with Crippen molar-refractivity contribution in [2.75, 3.05) is 25.1 Å². The summed E-state index contributed by atoms with van der Waals surface area (Å²) in [7, 11) is 1.62. The molecule has 0 saturated carbocycles. The van der Waals surface area contributed by atoms with Crippen LogP contribution in [0.2, 0.25) is 0 Å². The van der Waals surface area contributed by atoms with E-state index in [2.05, 4.69) is 15.3 Å². The Morgan fingerprint density at radius 2 is 1.91 bits per heavy atom. The first-order valence-corrected chi connectivity index (χ1v) is 10.2. The van der Waals surface area contributed by atoms with Gasteiger partial charge in [0.25, 0.3) is 6.47 Å². The molecule has 9 heteroatoms. The fourth-order valence-corrected chi connectivity index (χ4v) is 3.86. The first-order chi connectivity index (χ1) is 16.0. The molecule has 1 amide bonds. The first-order valence-electron chi connectivity index (χ1n) is 10.2. The van der Waals surface area contributed by atoms with Crippen LogP contribution in [-0.2, 0) is 22.6 Å². The molecule has 1 aromatic carbocycles. The average molecular weight is 452 g/mol. The molecule has 1 saturated heterocycles. The molecule has 3 heterocycles. The second kappa shape index (κ2) is 11.0. The van der Waals surface area contributed by atoms with Crippen LogP contribution in [0.25, 0.3) is 0 Å². The highest BCUT2D eigenvalue weighted by molar-refractivity contribution is 5.86. The Hall–Kier alpha value is -4.01. The van der Waals surface area contributed by atoms with Gasteiger partial charge in [0.15, 0.2) is 5.82 Å². The van der Waals surface area contributed by atoms with Gasteiger partial charge in [0.2, 0.25) is 5.91 Å². The number of ether oxygens (including phenoxy) is 1. The molecule has 2 aromatic heterocycles. The molecule has 172 valence electrons. The summed E-state index contributed by atoms with van der Waals surface area (Å²) >= 11 is 0. The Morgan fingerprint density at radius 3 is 2.58 bits per heavy atom. The van der Waals surface area contributed by atoms with Gasteiger partial charge in [-0.25, -0.2) is 4.39 Å². The van der Waals surface area contributed by atoms with E-state index in [9.17, 15) is 9.18 Å². The second-order valence-electron chi connectivity index (χ2n) is 7.64. The Labute approximate surface area is 191 Å². The molecule has 0 atom stereocenters. The van der Waals surface area contributed by atoms with Gasteiger partial charge in [0.1, 0.15) is 5.75 Å². The summed E-state index contributed by atoms with van der Waals surface area (Å²) in [4.78, 5) is 31.4. The number of amides is 1. The molecule has 0 unspecified atom stereocenters. The summed E-state index contributed by atoms with van der Waals surface area (Å²) in [6, 6.07) is 13.1. The van der Waals surface area contributed by atoms with Crippen molar-refractivity contribution in [3.63, 3.8) is 0 Å². The van der Waals surface area contributed by atoms with Gasteiger partial charge in [-0.1, -0.05) is 18.2 Å². The molecule has 2 N–H and O–H groups in total. The molecule has 0 radical (unpaired) electrons. The van der Waals surface area contributed by atoms with E-state index in [1.807, 2.05) is 41.3 Å². The van der Waals surface area contributed by atoms with E-state index in [1.54, 1.807) is 31.8 Å². The summed E-state index contributed by atoms with van der Waals surface area (Å²) in [6.07, 6.45) is 6.71. The van der Waals surface area contributed by atoms with Crippen LogP contribution in [0.3, 0.4) is 0 Å². The molecule has 33 heavy (non-hydrogen) atoms. The molecule has 0 aliphatic carbocycles. The molecule has 1 aliphatic rings. The lowest BCUT2D eigenvalue weighted by atomic mass is 9.73. The van der Waals surface area contributed by atoms with Crippen LogP contribution in [0.1, 0.15) is 11.1 Å². The number of carbonyl (C=O) groups is 2. The normalized spacial score (nSPS) is 13.7. The number of carbonyl (C=O) groups excluding carboxylic acids is 1. The van der Waals surface area contributed by atoms with Gasteiger partial charge >= 0.3 is 0 Å². The minimum atomic E-state index is -0.662. The van der Waals surface area contributed by atoms with Crippen molar-refractivity contribution >= 4 is 18.1 Å². The summed E-state index contributed by atoms with van der Waals surface area (Å²) in [6.45, 7) is 0.990. The molecule has 8 nitrogen and oxygen atoms in total. The maximum absolute atomic E-state index is 14.2. The lowest BCUT2D eigenvalue weighted by Crippen LogP contribution is -2.64. The number of benzene rings is 1. The third kappa shape index (κ3) is 5.82. The zero-order chi connectivity index (χ0) is 23.7. The van der Waals surface area contributed by atoms with Crippen LogP contribution < -0.4 is 15.0 Å². The molecular formula is C24H25FN4O4. The Kier molecular flexibility index (Phi) is 7.91. The van der Waals surface area contributed by atoms with Gasteiger partial charge in [0, 0.05) is 38.2 Å². The third-order valence-corrected chi connectivity index (χ3v) is 5.41. The smallest absolute Gasteiger partial charge is 0.290 e. The number of aromatic nitrogens is 2. The fraction of sp³-hybridized carbons (Fsp3) is 0.250. The quantitative estimate of drug-likeness (QED) is 0.531. The fourth-order valence-electron chi connectivity index (χ4n) is 3.86. The number of methoxy groups -OCH3 is 1. The van der Waals surface area contributed by atoms with E-state index in [-0.39, 0.29) is 18.2 Å². The maximum Gasteiger partial charge on any atom is 0.290 e. The van der Waals surface area contributed by atoms with Crippen molar-refractivity contribution in [1.29, 1.82) is 0 Å². The number of carboxylic acid groups (broad SMARTS) is 1. The second-order valence-corrected chi connectivity index (χ2v) is 7.64. The van der Waals surface area contributed by atoms with Crippen molar-refractivity contribution in [2.45, 2.75) is 13.0 Å². The van der Waals surface area contributed by atoms with Gasteiger partial charge in [-0.2, -0.15) is 0 Å². The molecule has 1 fully saturated rings. The number of halogens is 1. The number of rotatable bonds is 7. The van der Waals surface area contributed by atoms with Crippen LogP contribution in [0.15, 0.2) is 67.3 Å². The number of pyridine rings is 2. The zero-order valence-electron chi connectivity index (χ0n) is 18.1. The minimum Gasteiger partial charge on any atom is -0.497 e. The number of anilines is 1. The van der Waals surface area contributed by atoms with E-state index in [4.69, 9.17) is 14.6 Å². The van der Waals surface area contributed by atoms with Gasteiger partial charge in [0.05, 0.1) is 24.4 Å². The van der Waals surface area contributed by atoms with Gasteiger partial charge in [-0.3, -0.25) is 19.6 Å². The molecule has 0 spiro atoms. The zero-order valence-corrected chi connectivity index (χ0v) is 18.1. The van der Waals surface area contributed by atoms with Crippen molar-refractivity contribution < 1.29 is 23.8 Å². The van der Waals surface area contributed by atoms with Gasteiger partial charge < -0.3 is 20.1 Å². The van der Waals surface area contributed by atoms with Crippen molar-refractivity contribution in [3.8, 4) is 5.75 Å². The monoisotopic (exact) mass is 452 g/mol.